The molecular formula is C14H17N3. The van der Waals surface area contributed by atoms with Gasteiger partial charge in [-0.3, -0.25) is 0 Å². The van der Waals surface area contributed by atoms with E-state index in [2.05, 4.69) is 34.2 Å². The monoisotopic (exact) mass is 227 g/mol. The van der Waals surface area contributed by atoms with Crippen LogP contribution in [0.2, 0.25) is 0 Å². The topological polar surface area (TPSA) is 51.8 Å². The molecule has 0 amide bonds. The van der Waals surface area contributed by atoms with Crippen LogP contribution in [0.1, 0.15) is 22.8 Å². The average molecular weight is 227 g/mol. The van der Waals surface area contributed by atoms with Crippen molar-refractivity contribution in [3.63, 3.8) is 0 Å². The molecule has 3 nitrogen and oxygen atoms in total. The van der Waals surface area contributed by atoms with E-state index < -0.39 is 0 Å². The van der Waals surface area contributed by atoms with Crippen molar-refractivity contribution in [2.75, 3.05) is 0 Å². The van der Waals surface area contributed by atoms with Crippen molar-refractivity contribution in [2.45, 2.75) is 26.3 Å². The normalized spacial score (nSPS) is 10.5. The van der Waals surface area contributed by atoms with Crippen molar-refractivity contribution >= 4 is 0 Å². The van der Waals surface area contributed by atoms with Crippen LogP contribution in [0.3, 0.4) is 0 Å². The second kappa shape index (κ2) is 5.55. The first-order valence-corrected chi connectivity index (χ1v) is 5.85. The van der Waals surface area contributed by atoms with E-state index >= 15 is 0 Å². The maximum Gasteiger partial charge on any atom is 0.125 e. The SMILES string of the molecule is Cc1nc(CN)cc(CCc2ccccc2)n1. The summed E-state index contributed by atoms with van der Waals surface area (Å²) in [6.07, 6.45) is 1.93. The Morgan fingerprint density at radius 2 is 1.71 bits per heavy atom. The van der Waals surface area contributed by atoms with Gasteiger partial charge in [0.2, 0.25) is 0 Å². The molecule has 0 fully saturated rings. The highest BCUT2D eigenvalue weighted by Crippen LogP contribution is 2.07. The summed E-state index contributed by atoms with van der Waals surface area (Å²) >= 11 is 0. The molecule has 0 aliphatic heterocycles. The smallest absolute Gasteiger partial charge is 0.125 e. The third-order valence-electron chi connectivity index (χ3n) is 2.67. The predicted octanol–water partition coefficient (Wildman–Crippen LogP) is 2.03. The quantitative estimate of drug-likeness (QED) is 0.869. The van der Waals surface area contributed by atoms with Gasteiger partial charge in [0.05, 0.1) is 5.69 Å². The van der Waals surface area contributed by atoms with E-state index in [9.17, 15) is 0 Å². The Balaban J connectivity index is 2.06. The molecule has 0 aliphatic rings. The number of aryl methyl sites for hydroxylation is 3. The van der Waals surface area contributed by atoms with E-state index in [4.69, 9.17) is 5.73 Å². The van der Waals surface area contributed by atoms with Crippen molar-refractivity contribution in [1.29, 1.82) is 0 Å². The molecule has 0 radical (unpaired) electrons. The molecule has 0 saturated heterocycles. The predicted molar refractivity (Wildman–Crippen MR) is 68.5 cm³/mol. The third kappa shape index (κ3) is 3.36. The minimum absolute atomic E-state index is 0.474. The van der Waals surface area contributed by atoms with Crippen LogP contribution in [0, 0.1) is 6.92 Å². The van der Waals surface area contributed by atoms with E-state index in [-0.39, 0.29) is 0 Å². The zero-order valence-corrected chi connectivity index (χ0v) is 10.1. The molecule has 0 bridgehead atoms. The summed E-state index contributed by atoms with van der Waals surface area (Å²) < 4.78 is 0. The zero-order chi connectivity index (χ0) is 12.1. The maximum atomic E-state index is 5.60. The number of hydrogen-bond donors (Lipinski definition) is 1. The lowest BCUT2D eigenvalue weighted by molar-refractivity contribution is 0.846. The van der Waals surface area contributed by atoms with Crippen molar-refractivity contribution in [2.24, 2.45) is 5.73 Å². The second-order valence-electron chi connectivity index (χ2n) is 4.09. The third-order valence-corrected chi connectivity index (χ3v) is 2.67. The fraction of sp³-hybridized carbons (Fsp3) is 0.286. The van der Waals surface area contributed by atoms with Crippen LogP contribution in [0.15, 0.2) is 36.4 Å². The van der Waals surface area contributed by atoms with Gasteiger partial charge < -0.3 is 5.73 Å². The molecular weight excluding hydrogens is 210 g/mol. The summed E-state index contributed by atoms with van der Waals surface area (Å²) in [5, 5.41) is 0. The largest absolute Gasteiger partial charge is 0.325 e. The van der Waals surface area contributed by atoms with Gasteiger partial charge in [-0.15, -0.1) is 0 Å². The number of aromatic nitrogens is 2. The molecule has 0 saturated carbocycles. The van der Waals surface area contributed by atoms with Crippen LogP contribution in [0.5, 0.6) is 0 Å². The van der Waals surface area contributed by atoms with Crippen LogP contribution in [0.4, 0.5) is 0 Å². The van der Waals surface area contributed by atoms with Crippen LogP contribution >= 0.6 is 0 Å². The average Bonchev–Trinajstić information content (AvgIpc) is 2.37. The van der Waals surface area contributed by atoms with Gasteiger partial charge in [-0.25, -0.2) is 9.97 Å². The first kappa shape index (κ1) is 11.7. The van der Waals surface area contributed by atoms with Gasteiger partial charge in [-0.1, -0.05) is 30.3 Å². The Kier molecular flexibility index (Phi) is 3.83. The highest BCUT2D eigenvalue weighted by atomic mass is 14.9. The first-order chi connectivity index (χ1) is 8.28. The van der Waals surface area contributed by atoms with Gasteiger partial charge in [0.25, 0.3) is 0 Å². The van der Waals surface area contributed by atoms with Gasteiger partial charge >= 0.3 is 0 Å². The van der Waals surface area contributed by atoms with Crippen LogP contribution in [-0.2, 0) is 19.4 Å². The molecule has 2 aromatic rings. The molecule has 88 valence electrons. The van der Waals surface area contributed by atoms with E-state index in [0.29, 0.717) is 6.54 Å². The van der Waals surface area contributed by atoms with Crippen molar-refractivity contribution < 1.29 is 0 Å². The fourth-order valence-corrected chi connectivity index (χ4v) is 1.85. The van der Waals surface area contributed by atoms with Gasteiger partial charge in [0, 0.05) is 12.2 Å². The lowest BCUT2D eigenvalue weighted by Gasteiger charge is -2.05. The number of nitrogens with two attached hydrogens (primary N) is 1. The standard InChI is InChI=1S/C14H17N3/c1-11-16-13(9-14(10-15)17-11)8-7-12-5-3-2-4-6-12/h2-6,9H,7-8,10,15H2,1H3. The summed E-state index contributed by atoms with van der Waals surface area (Å²) in [6.45, 7) is 2.38. The summed E-state index contributed by atoms with van der Waals surface area (Å²) in [7, 11) is 0. The minimum Gasteiger partial charge on any atom is -0.325 e. The summed E-state index contributed by atoms with van der Waals surface area (Å²) in [4.78, 5) is 8.70. The van der Waals surface area contributed by atoms with E-state index in [1.165, 1.54) is 5.56 Å². The van der Waals surface area contributed by atoms with Crippen molar-refractivity contribution in [3.05, 3.63) is 59.2 Å². The Bertz CT molecular complexity index is 480. The highest BCUT2D eigenvalue weighted by Gasteiger charge is 2.01. The van der Waals surface area contributed by atoms with Crippen LogP contribution in [-0.4, -0.2) is 9.97 Å². The second-order valence-corrected chi connectivity index (χ2v) is 4.09. The molecule has 0 spiro atoms. The molecule has 3 heteroatoms. The Hall–Kier alpha value is -1.74. The summed E-state index contributed by atoms with van der Waals surface area (Å²) in [5.41, 5.74) is 8.92. The molecule has 0 atom stereocenters. The first-order valence-electron chi connectivity index (χ1n) is 5.85. The van der Waals surface area contributed by atoms with E-state index in [0.717, 1.165) is 30.1 Å². The van der Waals surface area contributed by atoms with Gasteiger partial charge in [0.15, 0.2) is 0 Å². The molecule has 0 aliphatic carbocycles. The van der Waals surface area contributed by atoms with Crippen LogP contribution < -0.4 is 5.73 Å². The molecule has 2 rings (SSSR count). The fourth-order valence-electron chi connectivity index (χ4n) is 1.85. The van der Waals surface area contributed by atoms with Crippen LogP contribution in [0.25, 0.3) is 0 Å². The Morgan fingerprint density at radius 1 is 1.00 bits per heavy atom. The van der Waals surface area contributed by atoms with Gasteiger partial charge in [0.1, 0.15) is 5.82 Å². The molecule has 1 aromatic carbocycles. The Morgan fingerprint density at radius 3 is 2.41 bits per heavy atom. The highest BCUT2D eigenvalue weighted by molar-refractivity contribution is 5.17. The maximum absolute atomic E-state index is 5.60. The van der Waals surface area contributed by atoms with Crippen molar-refractivity contribution in [3.8, 4) is 0 Å². The van der Waals surface area contributed by atoms with E-state index in [1.54, 1.807) is 0 Å². The number of nitrogens with zero attached hydrogens (tertiary/aromatic N) is 2. The summed E-state index contributed by atoms with van der Waals surface area (Å²) in [6, 6.07) is 12.4. The Labute approximate surface area is 102 Å². The van der Waals surface area contributed by atoms with Gasteiger partial charge in [-0.05, 0) is 31.4 Å². The molecule has 2 N–H and O–H groups in total. The van der Waals surface area contributed by atoms with Crippen molar-refractivity contribution in [1.82, 2.24) is 9.97 Å². The molecule has 1 aromatic heterocycles. The lowest BCUT2D eigenvalue weighted by Crippen LogP contribution is -2.05. The molecule has 17 heavy (non-hydrogen) atoms. The number of benzene rings is 1. The van der Waals surface area contributed by atoms with Gasteiger partial charge in [-0.2, -0.15) is 0 Å². The zero-order valence-electron chi connectivity index (χ0n) is 10.1. The van der Waals surface area contributed by atoms with E-state index in [1.807, 2.05) is 19.1 Å². The lowest BCUT2D eigenvalue weighted by atomic mass is 10.1. The molecule has 1 heterocycles. The number of rotatable bonds is 4. The molecule has 0 unspecified atom stereocenters. The number of hydrogen-bond acceptors (Lipinski definition) is 3. The minimum atomic E-state index is 0.474. The summed E-state index contributed by atoms with van der Waals surface area (Å²) in [5.74, 6) is 0.802.